The summed E-state index contributed by atoms with van der Waals surface area (Å²) in [5.74, 6) is -0.397. The second-order valence-electron chi connectivity index (χ2n) is 8.20. The zero-order valence-corrected chi connectivity index (χ0v) is 18.2. The van der Waals surface area contributed by atoms with Gasteiger partial charge in [-0.2, -0.15) is 5.10 Å². The van der Waals surface area contributed by atoms with Gasteiger partial charge in [0.15, 0.2) is 0 Å². The van der Waals surface area contributed by atoms with Crippen LogP contribution in [0.1, 0.15) is 91.3 Å². The SMILES string of the molecule is O=C(NN=C1CCCCCCCCCCC1)c1ccc(NC(=O)c2ccccc2)cc1. The Balaban J connectivity index is 1.53. The molecule has 3 rings (SSSR count). The van der Waals surface area contributed by atoms with Crippen LogP contribution in [0, 0.1) is 0 Å². The highest BCUT2D eigenvalue weighted by atomic mass is 16.2. The van der Waals surface area contributed by atoms with Gasteiger partial charge in [-0.25, -0.2) is 5.43 Å². The van der Waals surface area contributed by atoms with Crippen molar-refractivity contribution in [1.82, 2.24) is 5.43 Å². The summed E-state index contributed by atoms with van der Waals surface area (Å²) in [5, 5.41) is 7.29. The van der Waals surface area contributed by atoms with Crippen LogP contribution in [0.3, 0.4) is 0 Å². The predicted molar refractivity (Wildman–Crippen MR) is 127 cm³/mol. The summed E-state index contributed by atoms with van der Waals surface area (Å²) in [4.78, 5) is 24.8. The number of hydrogen-bond acceptors (Lipinski definition) is 3. The molecule has 5 nitrogen and oxygen atoms in total. The van der Waals surface area contributed by atoms with Crippen LogP contribution >= 0.6 is 0 Å². The molecule has 31 heavy (non-hydrogen) atoms. The van der Waals surface area contributed by atoms with Crippen molar-refractivity contribution in [3.05, 3.63) is 65.7 Å². The summed E-state index contributed by atoms with van der Waals surface area (Å²) in [6.45, 7) is 0. The van der Waals surface area contributed by atoms with E-state index in [0.717, 1.165) is 31.4 Å². The van der Waals surface area contributed by atoms with Crippen LogP contribution in [0.15, 0.2) is 59.7 Å². The normalized spacial score (nSPS) is 15.8. The van der Waals surface area contributed by atoms with Gasteiger partial charge in [-0.1, -0.05) is 63.1 Å². The second-order valence-corrected chi connectivity index (χ2v) is 8.20. The molecule has 1 fully saturated rings. The minimum Gasteiger partial charge on any atom is -0.322 e. The quantitative estimate of drug-likeness (QED) is 0.569. The van der Waals surface area contributed by atoms with Crippen LogP contribution in [0.4, 0.5) is 5.69 Å². The minimum atomic E-state index is -0.223. The first-order valence-electron chi connectivity index (χ1n) is 11.5. The van der Waals surface area contributed by atoms with E-state index in [1.54, 1.807) is 36.4 Å². The zero-order chi connectivity index (χ0) is 21.7. The molecule has 1 aliphatic rings. The average Bonchev–Trinajstić information content (AvgIpc) is 2.79. The first kappa shape index (κ1) is 22.7. The molecule has 164 valence electrons. The van der Waals surface area contributed by atoms with E-state index in [1.807, 2.05) is 18.2 Å². The molecule has 1 saturated carbocycles. The summed E-state index contributed by atoms with van der Waals surface area (Å²) < 4.78 is 0. The molecule has 2 aromatic rings. The second kappa shape index (κ2) is 12.7. The lowest BCUT2D eigenvalue weighted by molar-refractivity contribution is 0.0954. The number of anilines is 1. The molecule has 2 aromatic carbocycles. The van der Waals surface area contributed by atoms with Crippen molar-refractivity contribution in [2.24, 2.45) is 5.10 Å². The third kappa shape index (κ3) is 8.00. The van der Waals surface area contributed by atoms with E-state index in [9.17, 15) is 9.59 Å². The number of carbonyl (C=O) groups excluding carboxylic acids is 2. The largest absolute Gasteiger partial charge is 0.322 e. The molecule has 0 bridgehead atoms. The van der Waals surface area contributed by atoms with Gasteiger partial charge in [0.2, 0.25) is 0 Å². The number of carbonyl (C=O) groups is 2. The van der Waals surface area contributed by atoms with Crippen molar-refractivity contribution in [2.45, 2.75) is 70.6 Å². The summed E-state index contributed by atoms with van der Waals surface area (Å²) in [6, 6.07) is 15.9. The van der Waals surface area contributed by atoms with Crippen LogP contribution in [-0.2, 0) is 0 Å². The van der Waals surface area contributed by atoms with Gasteiger partial charge in [0.1, 0.15) is 0 Å². The summed E-state index contributed by atoms with van der Waals surface area (Å²) in [6.07, 6.45) is 13.3. The first-order valence-corrected chi connectivity index (χ1v) is 11.5. The van der Waals surface area contributed by atoms with Crippen LogP contribution in [0.2, 0.25) is 0 Å². The maximum atomic E-state index is 12.5. The number of amides is 2. The maximum absolute atomic E-state index is 12.5. The lowest BCUT2D eigenvalue weighted by Crippen LogP contribution is -2.20. The molecule has 5 heteroatoms. The fraction of sp³-hybridized carbons (Fsp3) is 0.423. The Morgan fingerprint density at radius 1 is 0.613 bits per heavy atom. The Morgan fingerprint density at radius 3 is 1.71 bits per heavy atom. The van der Waals surface area contributed by atoms with Crippen molar-refractivity contribution in [3.63, 3.8) is 0 Å². The molecular formula is C26H33N3O2. The molecule has 0 saturated heterocycles. The fourth-order valence-corrected chi connectivity index (χ4v) is 3.82. The standard InChI is InChI=1S/C26H33N3O2/c30-25(21-13-9-8-10-14-21)27-23-19-17-22(18-20-23)26(31)29-28-24-15-11-6-4-2-1-3-5-7-12-16-24/h8-10,13-14,17-20H,1-7,11-12,15-16H2,(H,27,30)(H,29,31). The molecule has 0 aromatic heterocycles. The van der Waals surface area contributed by atoms with Crippen molar-refractivity contribution in [3.8, 4) is 0 Å². The number of hydrazone groups is 1. The van der Waals surface area contributed by atoms with E-state index in [2.05, 4.69) is 15.8 Å². The van der Waals surface area contributed by atoms with Crippen molar-refractivity contribution in [1.29, 1.82) is 0 Å². The zero-order valence-electron chi connectivity index (χ0n) is 18.2. The van der Waals surface area contributed by atoms with E-state index in [1.165, 1.54) is 44.9 Å². The number of rotatable bonds is 4. The molecule has 0 atom stereocenters. The molecule has 0 spiro atoms. The van der Waals surface area contributed by atoms with Gasteiger partial charge >= 0.3 is 0 Å². The molecule has 0 radical (unpaired) electrons. The Morgan fingerprint density at radius 2 is 1.13 bits per heavy atom. The Hall–Kier alpha value is -2.95. The van der Waals surface area contributed by atoms with Gasteiger partial charge in [0, 0.05) is 22.5 Å². The van der Waals surface area contributed by atoms with Crippen molar-refractivity contribution >= 4 is 23.2 Å². The van der Waals surface area contributed by atoms with E-state index >= 15 is 0 Å². The van der Waals surface area contributed by atoms with Gasteiger partial charge in [0.25, 0.3) is 11.8 Å². The molecule has 0 unspecified atom stereocenters. The van der Waals surface area contributed by atoms with E-state index in [0.29, 0.717) is 16.8 Å². The van der Waals surface area contributed by atoms with Gasteiger partial charge in [-0.15, -0.1) is 0 Å². The Kier molecular flexibility index (Phi) is 9.30. The first-order chi connectivity index (χ1) is 15.2. The highest BCUT2D eigenvalue weighted by molar-refractivity contribution is 6.04. The van der Waals surface area contributed by atoms with Gasteiger partial charge in [-0.05, 0) is 62.1 Å². The summed E-state index contributed by atoms with van der Waals surface area (Å²) in [5.41, 5.74) is 5.59. The topological polar surface area (TPSA) is 70.6 Å². The molecule has 2 amide bonds. The fourth-order valence-electron chi connectivity index (χ4n) is 3.82. The molecular weight excluding hydrogens is 386 g/mol. The van der Waals surface area contributed by atoms with E-state index < -0.39 is 0 Å². The predicted octanol–water partition coefficient (Wildman–Crippen LogP) is 6.33. The smallest absolute Gasteiger partial charge is 0.271 e. The molecule has 1 aliphatic carbocycles. The highest BCUT2D eigenvalue weighted by Crippen LogP contribution is 2.16. The molecule has 0 heterocycles. The Labute approximate surface area is 185 Å². The lowest BCUT2D eigenvalue weighted by atomic mass is 10.00. The highest BCUT2D eigenvalue weighted by Gasteiger charge is 2.09. The number of nitrogens with zero attached hydrogens (tertiary/aromatic N) is 1. The minimum absolute atomic E-state index is 0.174. The Bertz CT molecular complexity index is 846. The van der Waals surface area contributed by atoms with Gasteiger partial charge < -0.3 is 5.32 Å². The number of nitrogens with one attached hydrogen (secondary N) is 2. The maximum Gasteiger partial charge on any atom is 0.271 e. The van der Waals surface area contributed by atoms with Crippen molar-refractivity contribution < 1.29 is 9.59 Å². The van der Waals surface area contributed by atoms with E-state index in [-0.39, 0.29) is 11.8 Å². The summed E-state index contributed by atoms with van der Waals surface area (Å²) >= 11 is 0. The molecule has 2 N–H and O–H groups in total. The number of benzene rings is 2. The average molecular weight is 420 g/mol. The van der Waals surface area contributed by atoms with E-state index in [4.69, 9.17) is 0 Å². The number of hydrogen-bond donors (Lipinski definition) is 2. The molecule has 0 aliphatic heterocycles. The van der Waals surface area contributed by atoms with Crippen LogP contribution in [0.25, 0.3) is 0 Å². The van der Waals surface area contributed by atoms with Crippen molar-refractivity contribution in [2.75, 3.05) is 5.32 Å². The third-order valence-corrected chi connectivity index (χ3v) is 5.69. The lowest BCUT2D eigenvalue weighted by Gasteiger charge is -2.10. The van der Waals surface area contributed by atoms with Gasteiger partial charge in [-0.3, -0.25) is 9.59 Å². The monoisotopic (exact) mass is 419 g/mol. The van der Waals surface area contributed by atoms with Crippen LogP contribution in [-0.4, -0.2) is 17.5 Å². The third-order valence-electron chi connectivity index (χ3n) is 5.69. The van der Waals surface area contributed by atoms with Gasteiger partial charge in [0.05, 0.1) is 0 Å². The van der Waals surface area contributed by atoms with Crippen LogP contribution in [0.5, 0.6) is 0 Å². The summed E-state index contributed by atoms with van der Waals surface area (Å²) in [7, 11) is 0. The van der Waals surface area contributed by atoms with Crippen LogP contribution < -0.4 is 10.7 Å².